The normalized spacial score (nSPS) is 31.5. The molecule has 2 bridgehead atoms. The molecule has 0 amide bonds. The predicted octanol–water partition coefficient (Wildman–Crippen LogP) is 2.92. The lowest BCUT2D eigenvalue weighted by Gasteiger charge is -2.40. The van der Waals surface area contributed by atoms with Gasteiger partial charge in [-0.15, -0.1) is 0 Å². The minimum atomic E-state index is -3.77. The first-order valence-electron chi connectivity index (χ1n) is 8.89. The summed E-state index contributed by atoms with van der Waals surface area (Å²) in [5, 5.41) is 9.56. The third kappa shape index (κ3) is 3.09. The van der Waals surface area contributed by atoms with Crippen molar-refractivity contribution in [2.75, 3.05) is 6.61 Å². The molecule has 0 unspecified atom stereocenters. The molecule has 0 aromatic heterocycles. The van der Waals surface area contributed by atoms with E-state index in [0.29, 0.717) is 0 Å². The van der Waals surface area contributed by atoms with Crippen molar-refractivity contribution >= 4 is 18.2 Å². The quantitative estimate of drug-likeness (QED) is 0.612. The zero-order valence-corrected chi connectivity index (χ0v) is 17.8. The van der Waals surface area contributed by atoms with Crippen LogP contribution < -0.4 is 0 Å². The van der Waals surface area contributed by atoms with Crippen molar-refractivity contribution in [2.24, 2.45) is 0 Å². The number of hydrogen-bond acceptors (Lipinski definition) is 5. The van der Waals surface area contributed by atoms with Crippen molar-refractivity contribution in [2.45, 2.75) is 66.9 Å². The second-order valence-electron chi connectivity index (χ2n) is 8.71. The van der Waals surface area contributed by atoms with Crippen LogP contribution in [0.1, 0.15) is 20.8 Å². The molecule has 0 spiro atoms. The number of benzene rings is 1. The molecule has 1 N–H and O–H groups in total. The van der Waals surface area contributed by atoms with Crippen LogP contribution >= 0.6 is 0 Å². The molecule has 1 fully saturated rings. The van der Waals surface area contributed by atoms with E-state index in [4.69, 9.17) is 9.16 Å². The first kappa shape index (κ1) is 19.8. The van der Waals surface area contributed by atoms with Gasteiger partial charge in [0.1, 0.15) is 23.1 Å². The Balaban J connectivity index is 1.94. The van der Waals surface area contributed by atoms with Gasteiger partial charge in [-0.3, -0.25) is 0 Å². The van der Waals surface area contributed by atoms with Crippen LogP contribution in [-0.2, 0) is 19.0 Å². The van der Waals surface area contributed by atoms with E-state index in [1.54, 1.807) is 42.5 Å². The number of aliphatic hydroxyl groups excluding tert-OH is 1. The second-order valence-corrected chi connectivity index (χ2v) is 15.6. The zero-order valence-electron chi connectivity index (χ0n) is 16.0. The summed E-state index contributed by atoms with van der Waals surface area (Å²) < 4.78 is 38.7. The largest absolute Gasteiger partial charge is 0.413 e. The zero-order chi connectivity index (χ0) is 19.4. The first-order valence-corrected chi connectivity index (χ1v) is 13.3. The summed E-state index contributed by atoms with van der Waals surface area (Å²) in [6.07, 6.45) is 1.80. The Morgan fingerprint density at radius 1 is 1.23 bits per heavy atom. The highest BCUT2D eigenvalue weighted by Gasteiger charge is 2.62. The summed E-state index contributed by atoms with van der Waals surface area (Å²) in [6.45, 7) is 10.8. The van der Waals surface area contributed by atoms with Crippen molar-refractivity contribution in [3.63, 3.8) is 0 Å². The molecule has 1 aromatic carbocycles. The van der Waals surface area contributed by atoms with E-state index in [-0.39, 0.29) is 16.5 Å². The molecule has 2 aliphatic rings. The molecule has 26 heavy (non-hydrogen) atoms. The summed E-state index contributed by atoms with van der Waals surface area (Å²) in [4.78, 5) is 0.195. The molecule has 2 aliphatic heterocycles. The lowest BCUT2D eigenvalue weighted by Crippen LogP contribution is -2.54. The van der Waals surface area contributed by atoms with Gasteiger partial charge >= 0.3 is 0 Å². The fourth-order valence-electron chi connectivity index (χ4n) is 3.27. The average molecular weight is 397 g/mol. The molecule has 7 heteroatoms. The molecule has 1 saturated heterocycles. The molecular formula is C19H28O5SSi. The maximum atomic E-state index is 13.2. The number of fused-ring (bicyclic) bond motifs is 2. The van der Waals surface area contributed by atoms with Crippen molar-refractivity contribution in [1.82, 2.24) is 0 Å². The number of rotatable bonds is 5. The Hall–Kier alpha value is -0.993. The molecule has 0 aliphatic carbocycles. The first-order chi connectivity index (χ1) is 11.9. The highest BCUT2D eigenvalue weighted by atomic mass is 32.2. The SMILES string of the molecule is CC(C)(C)[Si](C)(C)OC[C@@]12C=C[C@@H](O1)[C@@H](O)[C@@H]2S(=O)(=O)c1ccccc1. The molecule has 0 saturated carbocycles. The Kier molecular flexibility index (Phi) is 4.77. The summed E-state index contributed by atoms with van der Waals surface area (Å²) >= 11 is 0. The van der Waals surface area contributed by atoms with Gasteiger partial charge in [0.25, 0.3) is 0 Å². The van der Waals surface area contributed by atoms with E-state index >= 15 is 0 Å². The van der Waals surface area contributed by atoms with Gasteiger partial charge in [-0.25, -0.2) is 8.42 Å². The van der Waals surface area contributed by atoms with Crippen LogP contribution in [0.2, 0.25) is 18.1 Å². The summed E-state index contributed by atoms with van der Waals surface area (Å²) in [7, 11) is -5.87. The van der Waals surface area contributed by atoms with Crippen LogP contribution in [0.15, 0.2) is 47.4 Å². The van der Waals surface area contributed by atoms with Gasteiger partial charge in [0.05, 0.1) is 11.5 Å². The fraction of sp³-hybridized carbons (Fsp3) is 0.579. The van der Waals surface area contributed by atoms with E-state index < -0.39 is 41.2 Å². The number of aliphatic hydroxyl groups is 1. The Morgan fingerprint density at radius 2 is 1.85 bits per heavy atom. The molecule has 4 atom stereocenters. The van der Waals surface area contributed by atoms with E-state index in [0.717, 1.165) is 0 Å². The third-order valence-electron chi connectivity index (χ3n) is 5.92. The van der Waals surface area contributed by atoms with Gasteiger partial charge in [-0.2, -0.15) is 0 Å². The van der Waals surface area contributed by atoms with Crippen LogP contribution in [0, 0.1) is 0 Å². The molecular weight excluding hydrogens is 368 g/mol. The van der Waals surface area contributed by atoms with Gasteiger partial charge in [-0.1, -0.05) is 51.1 Å². The predicted molar refractivity (Wildman–Crippen MR) is 103 cm³/mol. The summed E-state index contributed by atoms with van der Waals surface area (Å²) in [5.74, 6) is 0. The Morgan fingerprint density at radius 3 is 2.42 bits per heavy atom. The van der Waals surface area contributed by atoms with Gasteiger partial charge in [0.2, 0.25) is 0 Å². The van der Waals surface area contributed by atoms with Crippen LogP contribution in [-0.4, -0.2) is 51.5 Å². The van der Waals surface area contributed by atoms with Crippen molar-refractivity contribution < 1.29 is 22.7 Å². The molecule has 0 radical (unpaired) electrons. The Bertz CT molecular complexity index is 797. The minimum Gasteiger partial charge on any atom is -0.413 e. The fourth-order valence-corrected chi connectivity index (χ4v) is 6.37. The van der Waals surface area contributed by atoms with Crippen LogP contribution in [0.5, 0.6) is 0 Å². The smallest absolute Gasteiger partial charge is 0.192 e. The molecule has 2 heterocycles. The molecule has 5 nitrogen and oxygen atoms in total. The minimum absolute atomic E-state index is 0.00359. The van der Waals surface area contributed by atoms with E-state index in [9.17, 15) is 13.5 Å². The van der Waals surface area contributed by atoms with Gasteiger partial charge in [0, 0.05) is 0 Å². The number of ether oxygens (including phenoxy) is 1. The van der Waals surface area contributed by atoms with E-state index in [1.165, 1.54) is 0 Å². The van der Waals surface area contributed by atoms with Gasteiger partial charge in [0.15, 0.2) is 18.2 Å². The number of sulfone groups is 1. The van der Waals surface area contributed by atoms with E-state index in [1.807, 2.05) is 0 Å². The standard InChI is InChI=1S/C19H28O5SSi/c1-18(2,3)26(4,5)23-13-19-12-11-15(24-19)16(20)17(19)25(21,22)14-9-7-6-8-10-14/h6-12,15-17,20H,13H2,1-5H3/t15-,16-,17+,19-/m1/s1. The molecule has 144 valence electrons. The highest BCUT2D eigenvalue weighted by molar-refractivity contribution is 7.92. The summed E-state index contributed by atoms with van der Waals surface area (Å²) in [6, 6.07) is 8.24. The highest BCUT2D eigenvalue weighted by Crippen LogP contribution is 2.46. The van der Waals surface area contributed by atoms with Crippen molar-refractivity contribution in [3.05, 3.63) is 42.5 Å². The van der Waals surface area contributed by atoms with Gasteiger partial charge < -0.3 is 14.3 Å². The second kappa shape index (κ2) is 6.27. The third-order valence-corrected chi connectivity index (χ3v) is 12.7. The van der Waals surface area contributed by atoms with Crippen LogP contribution in [0.25, 0.3) is 0 Å². The van der Waals surface area contributed by atoms with Gasteiger partial charge in [-0.05, 0) is 30.3 Å². The van der Waals surface area contributed by atoms with Crippen molar-refractivity contribution in [3.8, 4) is 0 Å². The van der Waals surface area contributed by atoms with Crippen molar-refractivity contribution in [1.29, 1.82) is 0 Å². The number of hydrogen-bond donors (Lipinski definition) is 1. The summed E-state index contributed by atoms with van der Waals surface area (Å²) in [5.41, 5.74) is -1.14. The van der Waals surface area contributed by atoms with Crippen LogP contribution in [0.3, 0.4) is 0 Å². The topological polar surface area (TPSA) is 72.8 Å². The monoisotopic (exact) mass is 396 g/mol. The maximum Gasteiger partial charge on any atom is 0.192 e. The van der Waals surface area contributed by atoms with Crippen LogP contribution in [0.4, 0.5) is 0 Å². The maximum absolute atomic E-state index is 13.2. The molecule has 1 aromatic rings. The lowest BCUT2D eigenvalue weighted by molar-refractivity contribution is -0.0113. The molecule has 3 rings (SSSR count). The Labute approximate surface area is 157 Å². The average Bonchev–Trinajstić information content (AvgIpc) is 3.09. The lowest BCUT2D eigenvalue weighted by atomic mass is 9.93. The van der Waals surface area contributed by atoms with E-state index in [2.05, 4.69) is 33.9 Å².